The Morgan fingerprint density at radius 3 is 2.61 bits per heavy atom. The molecule has 0 saturated carbocycles. The molecular formula is C21H19NO6. The second-order valence-corrected chi connectivity index (χ2v) is 7.95. The van der Waals surface area contributed by atoms with Crippen LogP contribution in [0, 0.1) is 0 Å². The van der Waals surface area contributed by atoms with E-state index in [1.165, 1.54) is 0 Å². The van der Waals surface area contributed by atoms with Crippen LogP contribution in [0.2, 0.25) is 0 Å². The zero-order valence-corrected chi connectivity index (χ0v) is 15.5. The van der Waals surface area contributed by atoms with Gasteiger partial charge in [-0.2, -0.15) is 0 Å². The highest BCUT2D eigenvalue weighted by Crippen LogP contribution is 2.57. The Hall–Kier alpha value is -2.93. The van der Waals surface area contributed by atoms with Crippen molar-refractivity contribution < 1.29 is 28.8 Å². The van der Waals surface area contributed by atoms with Crippen LogP contribution in [0.1, 0.15) is 40.0 Å². The van der Waals surface area contributed by atoms with Gasteiger partial charge in [0.25, 0.3) is 5.91 Å². The summed E-state index contributed by atoms with van der Waals surface area (Å²) in [6.07, 6.45) is -0.213. The van der Waals surface area contributed by atoms with Gasteiger partial charge in [-0.25, -0.2) is 0 Å². The number of nitrogens with zero attached hydrogens (tertiary/aromatic N) is 1. The summed E-state index contributed by atoms with van der Waals surface area (Å²) < 4.78 is 22.2. The third-order valence-corrected chi connectivity index (χ3v) is 6.64. The van der Waals surface area contributed by atoms with Crippen LogP contribution in [-0.4, -0.2) is 42.7 Å². The number of carbonyl (C=O) groups excluding carboxylic acids is 1. The van der Waals surface area contributed by atoms with Crippen LogP contribution in [0.3, 0.4) is 0 Å². The van der Waals surface area contributed by atoms with Crippen molar-refractivity contribution in [2.45, 2.75) is 30.9 Å². The van der Waals surface area contributed by atoms with E-state index in [1.54, 1.807) is 11.9 Å². The number of aliphatic hydroxyl groups is 1. The third kappa shape index (κ3) is 1.75. The number of amides is 1. The van der Waals surface area contributed by atoms with E-state index in [0.29, 0.717) is 35.0 Å². The topological polar surface area (TPSA) is 77.5 Å². The van der Waals surface area contributed by atoms with E-state index >= 15 is 0 Å². The monoisotopic (exact) mass is 381 g/mol. The number of likely N-dealkylation sites (N-methyl/N-ethyl adjacent to an activating group) is 1. The number of ether oxygens (including phenoxy) is 4. The molecule has 7 heteroatoms. The summed E-state index contributed by atoms with van der Waals surface area (Å²) in [6, 6.07) is 7.26. The molecule has 0 saturated heterocycles. The molecule has 0 spiro atoms. The minimum absolute atomic E-state index is 0.0950. The number of rotatable bonds is 0. The lowest BCUT2D eigenvalue weighted by Crippen LogP contribution is -2.57. The van der Waals surface area contributed by atoms with Gasteiger partial charge in [-0.1, -0.05) is 13.0 Å². The third-order valence-electron chi connectivity index (χ3n) is 6.64. The number of fused-ring (bicyclic) bond motifs is 8. The van der Waals surface area contributed by atoms with Crippen molar-refractivity contribution in [1.82, 2.24) is 4.90 Å². The molecule has 28 heavy (non-hydrogen) atoms. The molecule has 3 atom stereocenters. The van der Waals surface area contributed by atoms with Crippen molar-refractivity contribution in [1.29, 1.82) is 0 Å². The van der Waals surface area contributed by atoms with Crippen LogP contribution in [0.5, 0.6) is 23.0 Å². The van der Waals surface area contributed by atoms with Crippen LogP contribution < -0.4 is 18.9 Å². The summed E-state index contributed by atoms with van der Waals surface area (Å²) in [4.78, 5) is 15.1. The summed E-state index contributed by atoms with van der Waals surface area (Å²) in [7, 11) is 1.77. The minimum Gasteiger partial charge on any atom is -0.454 e. The number of hydrogen-bond acceptors (Lipinski definition) is 6. The van der Waals surface area contributed by atoms with E-state index in [-0.39, 0.29) is 25.5 Å². The normalized spacial score (nSPS) is 28.7. The summed E-state index contributed by atoms with van der Waals surface area (Å²) in [5.41, 5.74) is 2.54. The molecular weight excluding hydrogens is 362 g/mol. The van der Waals surface area contributed by atoms with Crippen molar-refractivity contribution >= 4 is 5.91 Å². The van der Waals surface area contributed by atoms with Gasteiger partial charge in [-0.15, -0.1) is 0 Å². The average molecular weight is 381 g/mol. The van der Waals surface area contributed by atoms with Crippen molar-refractivity contribution in [3.63, 3.8) is 0 Å². The van der Waals surface area contributed by atoms with Crippen molar-refractivity contribution in [2.24, 2.45) is 0 Å². The average Bonchev–Trinajstić information content (AvgIpc) is 3.33. The fourth-order valence-electron chi connectivity index (χ4n) is 5.22. The predicted molar refractivity (Wildman–Crippen MR) is 97.0 cm³/mol. The van der Waals surface area contributed by atoms with Gasteiger partial charge in [0.05, 0.1) is 17.7 Å². The summed E-state index contributed by atoms with van der Waals surface area (Å²) in [6.45, 7) is 2.29. The van der Waals surface area contributed by atoms with Gasteiger partial charge in [0.2, 0.25) is 13.6 Å². The van der Waals surface area contributed by atoms with E-state index in [2.05, 4.69) is 0 Å². The first-order valence-corrected chi connectivity index (χ1v) is 9.31. The molecule has 2 aromatic carbocycles. The predicted octanol–water partition coefficient (Wildman–Crippen LogP) is 2.15. The van der Waals surface area contributed by atoms with Gasteiger partial charge in [0, 0.05) is 12.5 Å². The van der Waals surface area contributed by atoms with Gasteiger partial charge in [-0.05, 0) is 41.3 Å². The van der Waals surface area contributed by atoms with Gasteiger partial charge in [-0.3, -0.25) is 4.79 Å². The highest BCUT2D eigenvalue weighted by Gasteiger charge is 2.56. The Labute approximate surface area is 161 Å². The fraction of sp³-hybridized carbons (Fsp3) is 0.381. The Balaban J connectivity index is 1.62. The van der Waals surface area contributed by atoms with E-state index in [9.17, 15) is 9.90 Å². The Kier molecular flexibility index (Phi) is 2.93. The van der Waals surface area contributed by atoms with E-state index < -0.39 is 11.5 Å². The van der Waals surface area contributed by atoms with Crippen LogP contribution in [0.25, 0.3) is 0 Å². The Bertz CT molecular complexity index is 1050. The smallest absolute Gasteiger partial charge is 0.258 e. The van der Waals surface area contributed by atoms with E-state index in [0.717, 1.165) is 16.7 Å². The van der Waals surface area contributed by atoms with Crippen molar-refractivity contribution in [3.8, 4) is 23.0 Å². The van der Waals surface area contributed by atoms with Gasteiger partial charge < -0.3 is 29.0 Å². The molecule has 6 rings (SSSR count). The van der Waals surface area contributed by atoms with E-state index in [4.69, 9.17) is 18.9 Å². The first-order chi connectivity index (χ1) is 13.5. The maximum Gasteiger partial charge on any atom is 0.258 e. The van der Waals surface area contributed by atoms with Gasteiger partial charge >= 0.3 is 0 Å². The lowest BCUT2D eigenvalue weighted by Gasteiger charge is -2.53. The largest absolute Gasteiger partial charge is 0.454 e. The molecule has 1 aliphatic carbocycles. The molecule has 0 radical (unpaired) electrons. The van der Waals surface area contributed by atoms with Crippen LogP contribution in [0.15, 0.2) is 24.3 Å². The molecule has 3 aliphatic heterocycles. The lowest BCUT2D eigenvalue weighted by molar-refractivity contribution is 0.00594. The molecule has 0 fully saturated rings. The standard InChI is InChI=1S/C21H19NO6/c1-21-12-3-4-13-18(28-9-25-13)17(12)20(24)22(2)19(21)11-7-15-14(26-8-27-15)5-10(11)6-16(21)23/h3-5,7,16,19,23H,6,8-9H2,1-2H3/t16-,19+,21-/m0/s1. The SMILES string of the molecule is CN1C(=O)c2c(ccc3c2OCO3)[C@@]2(C)[C@@H](O)Cc3cc4c(cc3[C@@H]12)OCO4. The van der Waals surface area contributed by atoms with Crippen molar-refractivity contribution in [3.05, 3.63) is 46.5 Å². The molecule has 3 heterocycles. The second kappa shape index (κ2) is 5.11. The molecule has 7 nitrogen and oxygen atoms in total. The molecule has 0 aromatic heterocycles. The first-order valence-electron chi connectivity index (χ1n) is 9.31. The maximum atomic E-state index is 13.4. The molecule has 2 aromatic rings. The van der Waals surface area contributed by atoms with Crippen LogP contribution >= 0.6 is 0 Å². The summed E-state index contributed by atoms with van der Waals surface area (Å²) >= 11 is 0. The molecule has 0 unspecified atom stereocenters. The second-order valence-electron chi connectivity index (χ2n) is 7.95. The summed E-state index contributed by atoms with van der Waals surface area (Å²) in [5, 5.41) is 11.3. The Morgan fingerprint density at radius 1 is 1.07 bits per heavy atom. The number of aliphatic hydroxyl groups excluding tert-OH is 1. The van der Waals surface area contributed by atoms with Gasteiger partial charge in [0.1, 0.15) is 0 Å². The highest BCUT2D eigenvalue weighted by molar-refractivity contribution is 6.01. The molecule has 0 bridgehead atoms. The molecule has 1 N–H and O–H groups in total. The highest BCUT2D eigenvalue weighted by atomic mass is 16.7. The zero-order chi connectivity index (χ0) is 19.2. The van der Waals surface area contributed by atoms with Crippen molar-refractivity contribution in [2.75, 3.05) is 20.6 Å². The minimum atomic E-state index is -0.695. The van der Waals surface area contributed by atoms with Crippen LogP contribution in [-0.2, 0) is 11.8 Å². The number of carbonyl (C=O) groups is 1. The zero-order valence-electron chi connectivity index (χ0n) is 15.5. The fourth-order valence-corrected chi connectivity index (χ4v) is 5.22. The molecule has 144 valence electrons. The summed E-state index contributed by atoms with van der Waals surface area (Å²) in [5.74, 6) is 2.25. The van der Waals surface area contributed by atoms with Crippen LogP contribution in [0.4, 0.5) is 0 Å². The number of benzene rings is 2. The molecule has 4 aliphatic rings. The quantitative estimate of drug-likeness (QED) is 0.754. The number of hydrogen-bond donors (Lipinski definition) is 1. The Morgan fingerprint density at radius 2 is 1.79 bits per heavy atom. The van der Waals surface area contributed by atoms with Gasteiger partial charge in [0.15, 0.2) is 23.0 Å². The lowest BCUT2D eigenvalue weighted by atomic mass is 9.60. The molecule has 1 amide bonds. The maximum absolute atomic E-state index is 13.4. The first kappa shape index (κ1) is 16.1. The van der Waals surface area contributed by atoms with E-state index in [1.807, 2.05) is 31.2 Å².